The Kier molecular flexibility index (Phi) is 3.46. The van der Waals surface area contributed by atoms with Gasteiger partial charge in [0.1, 0.15) is 5.41 Å². The highest BCUT2D eigenvalue weighted by Crippen LogP contribution is 2.64. The molecular weight excluding hydrogens is 280 g/mol. The van der Waals surface area contributed by atoms with E-state index in [1.54, 1.807) is 6.20 Å². The Morgan fingerprint density at radius 3 is 2.45 bits per heavy atom. The number of nitrogens with zero attached hydrogens (tertiary/aromatic N) is 1. The first-order valence-electron chi connectivity index (χ1n) is 7.84. The number of aromatic nitrogens is 1. The van der Waals surface area contributed by atoms with Crippen molar-refractivity contribution in [1.29, 1.82) is 0 Å². The second kappa shape index (κ2) is 5.07. The lowest BCUT2D eigenvalue weighted by Crippen LogP contribution is -2.61. The first kappa shape index (κ1) is 15.0. The molecule has 22 heavy (non-hydrogen) atoms. The second-order valence-electron chi connectivity index (χ2n) is 7.05. The predicted octanol–water partition coefficient (Wildman–Crippen LogP) is 2.60. The Morgan fingerprint density at radius 1 is 1.32 bits per heavy atom. The number of amides is 1. The summed E-state index contributed by atoms with van der Waals surface area (Å²) in [6.07, 6.45) is 5.98. The van der Waals surface area contributed by atoms with E-state index in [0.29, 0.717) is 12.8 Å². The van der Waals surface area contributed by atoms with Crippen LogP contribution >= 0.6 is 0 Å². The van der Waals surface area contributed by atoms with Crippen molar-refractivity contribution in [2.75, 3.05) is 0 Å². The molecule has 1 amide bonds. The molecule has 118 valence electrons. The Bertz CT molecular complexity index is 597. The molecule has 0 aliphatic heterocycles. The summed E-state index contributed by atoms with van der Waals surface area (Å²) in [5.74, 6) is -1.36. The van der Waals surface area contributed by atoms with Crippen molar-refractivity contribution in [3.63, 3.8) is 0 Å². The highest BCUT2D eigenvalue weighted by atomic mass is 16.4. The van der Waals surface area contributed by atoms with Crippen LogP contribution in [0.3, 0.4) is 0 Å². The molecule has 5 nitrogen and oxygen atoms in total. The zero-order chi connectivity index (χ0) is 16.0. The highest BCUT2D eigenvalue weighted by molar-refractivity contribution is 6.03. The molecule has 2 aliphatic rings. The molecule has 2 fully saturated rings. The summed E-state index contributed by atoms with van der Waals surface area (Å²) >= 11 is 0. The number of carboxylic acid groups (broad SMARTS) is 1. The topological polar surface area (TPSA) is 79.3 Å². The van der Waals surface area contributed by atoms with E-state index < -0.39 is 11.4 Å². The van der Waals surface area contributed by atoms with Crippen molar-refractivity contribution in [3.8, 4) is 0 Å². The van der Waals surface area contributed by atoms with Crippen LogP contribution in [0.15, 0.2) is 18.3 Å². The van der Waals surface area contributed by atoms with Gasteiger partial charge in [0.05, 0.1) is 11.7 Å². The number of hydrogen-bond acceptors (Lipinski definition) is 3. The van der Waals surface area contributed by atoms with E-state index in [9.17, 15) is 14.7 Å². The maximum absolute atomic E-state index is 12.5. The summed E-state index contributed by atoms with van der Waals surface area (Å²) in [4.78, 5) is 28.5. The van der Waals surface area contributed by atoms with Crippen LogP contribution < -0.4 is 5.32 Å². The first-order valence-corrected chi connectivity index (χ1v) is 7.84. The van der Waals surface area contributed by atoms with Crippen LogP contribution in [-0.4, -0.2) is 22.0 Å². The quantitative estimate of drug-likeness (QED) is 0.838. The molecule has 1 aromatic heterocycles. The number of nitrogens with one attached hydrogen (secondary N) is 1. The molecule has 2 aliphatic carbocycles. The summed E-state index contributed by atoms with van der Waals surface area (Å²) in [5, 5.41) is 12.4. The van der Waals surface area contributed by atoms with E-state index in [0.717, 1.165) is 30.5 Å². The number of carboxylic acids is 1. The fourth-order valence-corrected chi connectivity index (χ4v) is 3.81. The standard InChI is InChI=1S/C17H22N2O3/c1-11-4-5-13(18-8-11)12(2)19-14(20)17(15(21)22)9-16(10-17)6-3-7-16/h4-5,8,12H,3,6-7,9-10H2,1-2H3,(H,19,20)(H,21,22). The van der Waals surface area contributed by atoms with Gasteiger partial charge in [0.15, 0.2) is 0 Å². The van der Waals surface area contributed by atoms with Gasteiger partial charge >= 0.3 is 5.97 Å². The zero-order valence-electron chi connectivity index (χ0n) is 13.1. The number of aliphatic carboxylic acids is 1. The van der Waals surface area contributed by atoms with Crippen LogP contribution in [0.1, 0.15) is 56.3 Å². The Morgan fingerprint density at radius 2 is 2.00 bits per heavy atom. The van der Waals surface area contributed by atoms with Crippen molar-refractivity contribution in [2.24, 2.45) is 10.8 Å². The van der Waals surface area contributed by atoms with Gasteiger partial charge in [-0.15, -0.1) is 0 Å². The van der Waals surface area contributed by atoms with Crippen LogP contribution in [0, 0.1) is 17.8 Å². The van der Waals surface area contributed by atoms with E-state index >= 15 is 0 Å². The maximum Gasteiger partial charge on any atom is 0.319 e. The Hall–Kier alpha value is -1.91. The third-order valence-electron chi connectivity index (χ3n) is 5.34. The first-order chi connectivity index (χ1) is 10.4. The lowest BCUT2D eigenvalue weighted by atomic mass is 9.45. The number of carbonyl (C=O) groups excluding carboxylic acids is 1. The van der Waals surface area contributed by atoms with Gasteiger partial charge in [-0.05, 0) is 56.6 Å². The minimum absolute atomic E-state index is 0.126. The maximum atomic E-state index is 12.5. The van der Waals surface area contributed by atoms with Crippen LogP contribution in [0.5, 0.6) is 0 Å². The number of pyridine rings is 1. The number of aryl methyl sites for hydroxylation is 1. The number of rotatable bonds is 4. The summed E-state index contributed by atoms with van der Waals surface area (Å²) < 4.78 is 0. The average Bonchev–Trinajstić information content (AvgIpc) is 2.36. The Balaban J connectivity index is 1.69. The van der Waals surface area contributed by atoms with Crippen molar-refractivity contribution >= 4 is 11.9 Å². The van der Waals surface area contributed by atoms with E-state index in [-0.39, 0.29) is 17.4 Å². The second-order valence-corrected chi connectivity index (χ2v) is 7.05. The fourth-order valence-electron chi connectivity index (χ4n) is 3.81. The normalized spacial score (nSPS) is 22.3. The molecule has 2 N–H and O–H groups in total. The molecule has 1 unspecified atom stereocenters. The summed E-state index contributed by atoms with van der Waals surface area (Å²) in [5.41, 5.74) is 0.688. The largest absolute Gasteiger partial charge is 0.480 e. The third kappa shape index (κ3) is 2.28. The van der Waals surface area contributed by atoms with Crippen molar-refractivity contribution < 1.29 is 14.7 Å². The van der Waals surface area contributed by atoms with Gasteiger partial charge in [0.2, 0.25) is 5.91 Å². The number of hydrogen-bond donors (Lipinski definition) is 2. The molecule has 5 heteroatoms. The van der Waals surface area contributed by atoms with Crippen LogP contribution in [0.4, 0.5) is 0 Å². The van der Waals surface area contributed by atoms with Gasteiger partial charge < -0.3 is 10.4 Å². The fraction of sp³-hybridized carbons (Fsp3) is 0.588. The van der Waals surface area contributed by atoms with Crippen LogP contribution in [0.25, 0.3) is 0 Å². The van der Waals surface area contributed by atoms with E-state index in [2.05, 4.69) is 10.3 Å². The minimum Gasteiger partial charge on any atom is -0.480 e. The SMILES string of the molecule is Cc1ccc(C(C)NC(=O)C2(C(=O)O)CC3(CCC3)C2)nc1. The summed E-state index contributed by atoms with van der Waals surface area (Å²) in [6, 6.07) is 3.51. The van der Waals surface area contributed by atoms with E-state index in [1.807, 2.05) is 26.0 Å². The van der Waals surface area contributed by atoms with E-state index in [4.69, 9.17) is 0 Å². The van der Waals surface area contributed by atoms with Gasteiger partial charge in [-0.2, -0.15) is 0 Å². The molecule has 1 aromatic rings. The molecular formula is C17H22N2O3. The highest BCUT2D eigenvalue weighted by Gasteiger charge is 2.65. The zero-order valence-corrected chi connectivity index (χ0v) is 13.1. The average molecular weight is 302 g/mol. The molecule has 0 saturated heterocycles. The Labute approximate surface area is 130 Å². The van der Waals surface area contributed by atoms with Gasteiger partial charge in [-0.3, -0.25) is 14.6 Å². The molecule has 0 radical (unpaired) electrons. The molecule has 1 atom stereocenters. The third-order valence-corrected chi connectivity index (χ3v) is 5.34. The molecule has 0 aromatic carbocycles. The molecule has 1 spiro atoms. The van der Waals surface area contributed by atoms with Gasteiger partial charge in [-0.25, -0.2) is 0 Å². The van der Waals surface area contributed by atoms with Crippen molar-refractivity contribution in [3.05, 3.63) is 29.6 Å². The summed E-state index contributed by atoms with van der Waals surface area (Å²) in [7, 11) is 0. The van der Waals surface area contributed by atoms with Crippen molar-refractivity contribution in [2.45, 2.75) is 52.0 Å². The monoisotopic (exact) mass is 302 g/mol. The predicted molar refractivity (Wildman–Crippen MR) is 81.1 cm³/mol. The molecule has 1 heterocycles. The van der Waals surface area contributed by atoms with Crippen LogP contribution in [-0.2, 0) is 9.59 Å². The van der Waals surface area contributed by atoms with Crippen LogP contribution in [0.2, 0.25) is 0 Å². The van der Waals surface area contributed by atoms with Gasteiger partial charge in [-0.1, -0.05) is 12.5 Å². The minimum atomic E-state index is -1.24. The van der Waals surface area contributed by atoms with Gasteiger partial charge in [0, 0.05) is 6.20 Å². The molecule has 2 saturated carbocycles. The van der Waals surface area contributed by atoms with Gasteiger partial charge in [0.25, 0.3) is 0 Å². The lowest BCUT2D eigenvalue weighted by molar-refractivity contribution is -0.181. The lowest BCUT2D eigenvalue weighted by Gasteiger charge is -2.58. The molecule has 0 bridgehead atoms. The summed E-state index contributed by atoms with van der Waals surface area (Å²) in [6.45, 7) is 3.79. The van der Waals surface area contributed by atoms with Crippen molar-refractivity contribution in [1.82, 2.24) is 10.3 Å². The molecule has 3 rings (SSSR count). The smallest absolute Gasteiger partial charge is 0.319 e. The number of carbonyl (C=O) groups is 2. The van der Waals surface area contributed by atoms with E-state index in [1.165, 1.54) is 0 Å².